The zero-order valence-electron chi connectivity index (χ0n) is 15.0. The second kappa shape index (κ2) is 5.66. The van der Waals surface area contributed by atoms with Gasteiger partial charge < -0.3 is 20.3 Å². The normalized spacial score (nSPS) is 33.3. The van der Waals surface area contributed by atoms with Crippen LogP contribution in [0, 0.1) is 11.8 Å². The summed E-state index contributed by atoms with van der Waals surface area (Å²) in [6, 6.07) is 7.39. The SMILES string of the molecule is CC(=O)Nc1ccc(N2C[C@@]34C=C[C@@H](O3)[C@H](C(=O)NC3CC3)[C@H]4C2=O)cc1. The molecule has 7 heteroatoms. The molecule has 0 aromatic heterocycles. The van der Waals surface area contributed by atoms with Crippen molar-refractivity contribution >= 4 is 29.1 Å². The fraction of sp³-hybridized carbons (Fsp3) is 0.450. The number of rotatable bonds is 4. The molecule has 0 unspecified atom stereocenters. The van der Waals surface area contributed by atoms with E-state index in [9.17, 15) is 14.4 Å². The molecule has 1 aliphatic carbocycles. The standard InChI is InChI=1S/C20H21N3O4/c1-11(24)21-12-4-6-14(7-5-12)23-10-20-9-8-15(27-20)16(17(20)19(23)26)18(25)22-13-2-3-13/h4-9,13,15-17H,2-3,10H2,1H3,(H,21,24)(H,22,25)/t15-,16+,17+,20-/m1/s1. The van der Waals surface area contributed by atoms with E-state index >= 15 is 0 Å². The number of hydrogen-bond donors (Lipinski definition) is 2. The number of nitrogens with zero attached hydrogens (tertiary/aromatic N) is 1. The fourth-order valence-electron chi connectivity index (χ4n) is 4.47. The lowest BCUT2D eigenvalue weighted by Crippen LogP contribution is -2.44. The molecule has 4 aliphatic rings. The van der Waals surface area contributed by atoms with E-state index < -0.39 is 17.4 Å². The predicted molar refractivity (Wildman–Crippen MR) is 98.0 cm³/mol. The molecule has 1 saturated carbocycles. The lowest BCUT2D eigenvalue weighted by atomic mass is 9.77. The van der Waals surface area contributed by atoms with Crippen LogP contribution in [0.4, 0.5) is 11.4 Å². The summed E-state index contributed by atoms with van der Waals surface area (Å²) in [4.78, 5) is 38.8. The Balaban J connectivity index is 1.40. The van der Waals surface area contributed by atoms with Gasteiger partial charge in [-0.3, -0.25) is 14.4 Å². The molecule has 3 fully saturated rings. The number of carbonyl (C=O) groups excluding carboxylic acids is 3. The summed E-state index contributed by atoms with van der Waals surface area (Å²) in [6.07, 6.45) is 5.58. The third-order valence-corrected chi connectivity index (χ3v) is 5.83. The molecular formula is C20H21N3O4. The van der Waals surface area contributed by atoms with Gasteiger partial charge >= 0.3 is 0 Å². The van der Waals surface area contributed by atoms with Crippen LogP contribution in [0.5, 0.6) is 0 Å². The summed E-state index contributed by atoms with van der Waals surface area (Å²) in [6.45, 7) is 1.85. The molecule has 3 heterocycles. The van der Waals surface area contributed by atoms with E-state index in [1.165, 1.54) is 6.92 Å². The maximum atomic E-state index is 13.2. The lowest BCUT2D eigenvalue weighted by molar-refractivity contribution is -0.132. The van der Waals surface area contributed by atoms with Crippen molar-refractivity contribution in [3.8, 4) is 0 Å². The molecule has 27 heavy (non-hydrogen) atoms. The van der Waals surface area contributed by atoms with Crippen LogP contribution in [-0.2, 0) is 19.1 Å². The van der Waals surface area contributed by atoms with Crippen LogP contribution in [0.3, 0.4) is 0 Å². The maximum absolute atomic E-state index is 13.2. The van der Waals surface area contributed by atoms with Crippen LogP contribution in [0.15, 0.2) is 36.4 Å². The average molecular weight is 367 g/mol. The highest BCUT2D eigenvalue weighted by Crippen LogP contribution is 2.52. The Labute approximate surface area is 156 Å². The molecule has 2 saturated heterocycles. The number of fused-ring (bicyclic) bond motifs is 1. The minimum absolute atomic E-state index is 0.0741. The van der Waals surface area contributed by atoms with Crippen LogP contribution in [0.1, 0.15) is 19.8 Å². The third-order valence-electron chi connectivity index (χ3n) is 5.83. The molecule has 4 atom stereocenters. The average Bonchev–Trinajstić information content (AvgIpc) is 3.16. The molecule has 1 spiro atoms. The number of amides is 3. The number of benzene rings is 1. The quantitative estimate of drug-likeness (QED) is 0.783. The van der Waals surface area contributed by atoms with Crippen molar-refractivity contribution in [2.75, 3.05) is 16.8 Å². The van der Waals surface area contributed by atoms with Gasteiger partial charge in [0, 0.05) is 24.3 Å². The van der Waals surface area contributed by atoms with Crippen molar-refractivity contribution in [2.45, 2.75) is 37.5 Å². The summed E-state index contributed by atoms with van der Waals surface area (Å²) >= 11 is 0. The summed E-state index contributed by atoms with van der Waals surface area (Å²) in [5.41, 5.74) is 0.693. The second-order valence-corrected chi connectivity index (χ2v) is 7.84. The van der Waals surface area contributed by atoms with E-state index in [1.54, 1.807) is 29.2 Å². The third kappa shape index (κ3) is 2.56. The Bertz CT molecular complexity index is 860. The van der Waals surface area contributed by atoms with Crippen molar-refractivity contribution in [3.05, 3.63) is 36.4 Å². The first-order chi connectivity index (χ1) is 13.0. The van der Waals surface area contributed by atoms with E-state index in [-0.39, 0.29) is 29.9 Å². The number of anilines is 2. The Morgan fingerprint density at radius 1 is 1.22 bits per heavy atom. The summed E-state index contributed by atoms with van der Waals surface area (Å²) < 4.78 is 6.13. The van der Waals surface area contributed by atoms with E-state index in [0.29, 0.717) is 12.2 Å². The lowest BCUT2D eigenvalue weighted by Gasteiger charge is -2.23. The molecule has 2 N–H and O–H groups in total. The highest BCUT2D eigenvalue weighted by atomic mass is 16.5. The Morgan fingerprint density at radius 3 is 2.63 bits per heavy atom. The molecule has 3 aliphatic heterocycles. The van der Waals surface area contributed by atoms with E-state index in [2.05, 4.69) is 10.6 Å². The fourth-order valence-corrected chi connectivity index (χ4v) is 4.47. The van der Waals surface area contributed by atoms with Crippen LogP contribution in [0.2, 0.25) is 0 Å². The summed E-state index contributed by atoms with van der Waals surface area (Å²) in [5.74, 6) is -1.25. The molecular weight excluding hydrogens is 346 g/mol. The largest absolute Gasteiger partial charge is 0.360 e. The molecule has 3 amide bonds. The molecule has 1 aromatic carbocycles. The Kier molecular flexibility index (Phi) is 3.46. The van der Waals surface area contributed by atoms with Crippen LogP contribution >= 0.6 is 0 Å². The molecule has 1 aromatic rings. The van der Waals surface area contributed by atoms with Gasteiger partial charge in [-0.2, -0.15) is 0 Å². The molecule has 0 radical (unpaired) electrons. The van der Waals surface area contributed by atoms with Crippen molar-refractivity contribution in [1.82, 2.24) is 5.32 Å². The van der Waals surface area contributed by atoms with Gasteiger partial charge in [0.25, 0.3) is 0 Å². The smallest absolute Gasteiger partial charge is 0.234 e. The highest BCUT2D eigenvalue weighted by molar-refractivity contribution is 6.03. The number of nitrogens with one attached hydrogen (secondary N) is 2. The van der Waals surface area contributed by atoms with E-state index in [0.717, 1.165) is 18.5 Å². The van der Waals surface area contributed by atoms with Gasteiger partial charge in [-0.25, -0.2) is 0 Å². The zero-order chi connectivity index (χ0) is 18.8. The number of hydrogen-bond acceptors (Lipinski definition) is 4. The van der Waals surface area contributed by atoms with Gasteiger partial charge in [-0.1, -0.05) is 12.2 Å². The van der Waals surface area contributed by atoms with Gasteiger partial charge in [0.15, 0.2) is 0 Å². The highest BCUT2D eigenvalue weighted by Gasteiger charge is 2.67. The number of ether oxygens (including phenoxy) is 1. The minimum atomic E-state index is -0.719. The second-order valence-electron chi connectivity index (χ2n) is 7.84. The first kappa shape index (κ1) is 16.5. The zero-order valence-corrected chi connectivity index (χ0v) is 15.0. The van der Waals surface area contributed by atoms with Gasteiger partial charge in [-0.05, 0) is 37.1 Å². The van der Waals surface area contributed by atoms with Crippen molar-refractivity contribution in [1.29, 1.82) is 0 Å². The Hall–Kier alpha value is -2.67. The maximum Gasteiger partial charge on any atom is 0.234 e. The van der Waals surface area contributed by atoms with E-state index in [1.807, 2.05) is 12.2 Å². The topological polar surface area (TPSA) is 87.7 Å². The first-order valence-corrected chi connectivity index (χ1v) is 9.33. The summed E-state index contributed by atoms with van der Waals surface area (Å²) in [5, 5.41) is 5.74. The van der Waals surface area contributed by atoms with Crippen LogP contribution < -0.4 is 15.5 Å². The monoisotopic (exact) mass is 367 g/mol. The van der Waals surface area contributed by atoms with Gasteiger partial charge in [-0.15, -0.1) is 0 Å². The molecule has 140 valence electrons. The molecule has 5 rings (SSSR count). The van der Waals surface area contributed by atoms with Gasteiger partial charge in [0.05, 0.1) is 24.5 Å². The van der Waals surface area contributed by atoms with E-state index in [4.69, 9.17) is 4.74 Å². The van der Waals surface area contributed by atoms with Crippen molar-refractivity contribution in [2.24, 2.45) is 11.8 Å². The Morgan fingerprint density at radius 2 is 1.96 bits per heavy atom. The summed E-state index contributed by atoms with van der Waals surface area (Å²) in [7, 11) is 0. The van der Waals surface area contributed by atoms with Gasteiger partial charge in [0.1, 0.15) is 5.60 Å². The van der Waals surface area contributed by atoms with Crippen LogP contribution in [-0.4, -0.2) is 42.0 Å². The van der Waals surface area contributed by atoms with Gasteiger partial charge in [0.2, 0.25) is 17.7 Å². The predicted octanol–water partition coefficient (Wildman–Crippen LogP) is 1.21. The van der Waals surface area contributed by atoms with Crippen LogP contribution in [0.25, 0.3) is 0 Å². The van der Waals surface area contributed by atoms with Crippen molar-refractivity contribution in [3.63, 3.8) is 0 Å². The minimum Gasteiger partial charge on any atom is -0.360 e. The number of carbonyl (C=O) groups is 3. The molecule has 2 bridgehead atoms. The van der Waals surface area contributed by atoms with Crippen molar-refractivity contribution < 1.29 is 19.1 Å². The molecule has 7 nitrogen and oxygen atoms in total. The first-order valence-electron chi connectivity index (χ1n) is 9.33.